The lowest BCUT2D eigenvalue weighted by Gasteiger charge is -2.37. The zero-order valence-corrected chi connectivity index (χ0v) is 11.4. The van der Waals surface area contributed by atoms with E-state index in [1.165, 1.54) is 0 Å². The summed E-state index contributed by atoms with van der Waals surface area (Å²) >= 11 is 0. The Morgan fingerprint density at radius 3 is 2.94 bits per heavy atom. The maximum absolute atomic E-state index is 12.3. The fraction of sp³-hybridized carbons (Fsp3) is 0.692. The number of nitrogens with zero attached hydrogens (tertiary/aromatic N) is 3. The van der Waals surface area contributed by atoms with Crippen LogP contribution in [0.2, 0.25) is 0 Å². The third kappa shape index (κ3) is 2.72. The van der Waals surface area contributed by atoms with Gasteiger partial charge in [-0.25, -0.2) is 4.98 Å². The fourth-order valence-electron chi connectivity index (χ4n) is 2.58. The molecule has 1 amide bonds. The van der Waals surface area contributed by atoms with Crippen molar-refractivity contribution in [3.63, 3.8) is 0 Å². The smallest absolute Gasteiger partial charge is 0.274 e. The first-order valence-corrected chi connectivity index (χ1v) is 6.62. The largest absolute Gasteiger partial charge is 0.340 e. The topological polar surface area (TPSA) is 50.2 Å². The summed E-state index contributed by atoms with van der Waals surface area (Å²) in [7, 11) is 1.88. The van der Waals surface area contributed by atoms with Gasteiger partial charge in [-0.15, -0.1) is 0 Å². The van der Waals surface area contributed by atoms with Crippen LogP contribution in [-0.2, 0) is 7.05 Å². The minimum Gasteiger partial charge on any atom is -0.340 e. The summed E-state index contributed by atoms with van der Waals surface area (Å²) in [4.78, 5) is 18.3. The van der Waals surface area contributed by atoms with Crippen LogP contribution < -0.4 is 5.32 Å². The van der Waals surface area contributed by atoms with E-state index in [2.05, 4.69) is 24.1 Å². The number of amides is 1. The van der Waals surface area contributed by atoms with Gasteiger partial charge in [0.2, 0.25) is 0 Å². The van der Waals surface area contributed by atoms with E-state index < -0.39 is 0 Å². The van der Waals surface area contributed by atoms with Gasteiger partial charge in [-0.3, -0.25) is 4.79 Å². The highest BCUT2D eigenvalue weighted by atomic mass is 16.2. The molecule has 2 atom stereocenters. The molecule has 0 bridgehead atoms. The van der Waals surface area contributed by atoms with Gasteiger partial charge in [-0.2, -0.15) is 0 Å². The average Bonchev–Trinajstić information content (AvgIpc) is 2.78. The Kier molecular flexibility index (Phi) is 4.01. The maximum Gasteiger partial charge on any atom is 0.274 e. The van der Waals surface area contributed by atoms with Crippen LogP contribution in [0.25, 0.3) is 0 Å². The van der Waals surface area contributed by atoms with Crippen molar-refractivity contribution in [2.45, 2.75) is 26.3 Å². The van der Waals surface area contributed by atoms with Crippen molar-refractivity contribution in [2.75, 3.05) is 19.6 Å². The molecular weight excluding hydrogens is 228 g/mol. The Bertz CT molecular complexity index is 415. The molecule has 1 saturated heterocycles. The monoisotopic (exact) mass is 250 g/mol. The third-order valence-corrected chi connectivity index (χ3v) is 3.58. The quantitative estimate of drug-likeness (QED) is 0.866. The lowest BCUT2D eigenvalue weighted by Crippen LogP contribution is -2.50. The van der Waals surface area contributed by atoms with Crippen LogP contribution in [0.1, 0.15) is 30.8 Å². The second kappa shape index (κ2) is 5.52. The highest BCUT2D eigenvalue weighted by Gasteiger charge is 2.29. The first-order chi connectivity index (χ1) is 8.61. The van der Waals surface area contributed by atoms with E-state index in [1.807, 2.05) is 16.5 Å². The van der Waals surface area contributed by atoms with E-state index in [0.29, 0.717) is 17.7 Å². The molecule has 5 nitrogen and oxygen atoms in total. The van der Waals surface area contributed by atoms with Crippen LogP contribution >= 0.6 is 0 Å². The predicted octanol–water partition coefficient (Wildman–Crippen LogP) is 0.880. The van der Waals surface area contributed by atoms with E-state index in [-0.39, 0.29) is 5.91 Å². The molecule has 1 aliphatic rings. The van der Waals surface area contributed by atoms with E-state index in [0.717, 1.165) is 26.1 Å². The number of rotatable bonds is 3. The SMILES string of the molecule is CCNC1CCN(C(=O)c2cn(C)cn2)CC1C. The number of hydrogen-bond acceptors (Lipinski definition) is 3. The molecule has 0 aliphatic carbocycles. The van der Waals surface area contributed by atoms with Crippen molar-refractivity contribution >= 4 is 5.91 Å². The van der Waals surface area contributed by atoms with Gasteiger partial charge < -0.3 is 14.8 Å². The number of hydrogen-bond donors (Lipinski definition) is 1. The number of nitrogens with one attached hydrogen (secondary N) is 1. The lowest BCUT2D eigenvalue weighted by atomic mass is 9.93. The van der Waals surface area contributed by atoms with Crippen LogP contribution in [-0.4, -0.2) is 46.0 Å². The molecule has 0 spiro atoms. The number of piperidine rings is 1. The second-order valence-electron chi connectivity index (χ2n) is 5.11. The lowest BCUT2D eigenvalue weighted by molar-refractivity contribution is 0.0640. The summed E-state index contributed by atoms with van der Waals surface area (Å²) in [6.07, 6.45) is 4.47. The summed E-state index contributed by atoms with van der Waals surface area (Å²) in [6.45, 7) is 6.94. The molecule has 1 aromatic heterocycles. The number of imidazole rings is 1. The van der Waals surface area contributed by atoms with Crippen molar-refractivity contribution in [3.8, 4) is 0 Å². The standard InChI is InChI=1S/C13H22N4O/c1-4-14-11-5-6-17(7-10(11)2)13(18)12-8-16(3)9-15-12/h8-11,14H,4-7H2,1-3H3. The Hall–Kier alpha value is -1.36. The van der Waals surface area contributed by atoms with Crippen LogP contribution in [0.4, 0.5) is 0 Å². The molecule has 0 radical (unpaired) electrons. The highest BCUT2D eigenvalue weighted by molar-refractivity contribution is 5.92. The molecule has 2 rings (SSSR count). The molecule has 1 aliphatic heterocycles. The summed E-state index contributed by atoms with van der Waals surface area (Å²) in [5, 5.41) is 3.48. The van der Waals surface area contributed by atoms with Crippen molar-refractivity contribution in [2.24, 2.45) is 13.0 Å². The average molecular weight is 250 g/mol. The van der Waals surface area contributed by atoms with Gasteiger partial charge in [-0.05, 0) is 18.9 Å². The van der Waals surface area contributed by atoms with Gasteiger partial charge in [0.15, 0.2) is 0 Å². The highest BCUT2D eigenvalue weighted by Crippen LogP contribution is 2.18. The van der Waals surface area contributed by atoms with Crippen molar-refractivity contribution < 1.29 is 4.79 Å². The van der Waals surface area contributed by atoms with Gasteiger partial charge >= 0.3 is 0 Å². The summed E-state index contributed by atoms with van der Waals surface area (Å²) in [5.74, 6) is 0.545. The summed E-state index contributed by atoms with van der Waals surface area (Å²) < 4.78 is 1.81. The Labute approximate surface area is 108 Å². The number of carbonyl (C=O) groups is 1. The van der Waals surface area contributed by atoms with Gasteiger partial charge in [0.1, 0.15) is 5.69 Å². The molecule has 1 aromatic rings. The third-order valence-electron chi connectivity index (χ3n) is 3.58. The zero-order valence-electron chi connectivity index (χ0n) is 11.4. The Morgan fingerprint density at radius 1 is 1.61 bits per heavy atom. The van der Waals surface area contributed by atoms with Crippen LogP contribution in [0.5, 0.6) is 0 Å². The van der Waals surface area contributed by atoms with E-state index in [9.17, 15) is 4.79 Å². The number of aryl methyl sites for hydroxylation is 1. The van der Waals surface area contributed by atoms with Crippen LogP contribution in [0.15, 0.2) is 12.5 Å². The maximum atomic E-state index is 12.3. The molecule has 0 aromatic carbocycles. The van der Waals surface area contributed by atoms with E-state index >= 15 is 0 Å². The van der Waals surface area contributed by atoms with Gasteiger partial charge in [-0.1, -0.05) is 13.8 Å². The minimum absolute atomic E-state index is 0.0531. The molecule has 18 heavy (non-hydrogen) atoms. The van der Waals surface area contributed by atoms with Crippen molar-refractivity contribution in [3.05, 3.63) is 18.2 Å². The fourth-order valence-corrected chi connectivity index (χ4v) is 2.58. The van der Waals surface area contributed by atoms with Gasteiger partial charge in [0.25, 0.3) is 5.91 Å². The second-order valence-corrected chi connectivity index (χ2v) is 5.11. The number of likely N-dealkylation sites (tertiary alicyclic amines) is 1. The summed E-state index contributed by atoms with van der Waals surface area (Å²) in [5.41, 5.74) is 0.548. The van der Waals surface area contributed by atoms with Gasteiger partial charge in [0.05, 0.1) is 6.33 Å². The molecule has 2 unspecified atom stereocenters. The van der Waals surface area contributed by atoms with Crippen molar-refractivity contribution in [1.29, 1.82) is 0 Å². The Balaban J connectivity index is 1.98. The zero-order chi connectivity index (χ0) is 13.1. The first kappa shape index (κ1) is 13.1. The normalized spacial score (nSPS) is 24.3. The molecule has 1 fully saturated rings. The summed E-state index contributed by atoms with van der Waals surface area (Å²) in [6, 6.07) is 0.530. The molecule has 100 valence electrons. The molecule has 5 heteroatoms. The van der Waals surface area contributed by atoms with Crippen molar-refractivity contribution in [1.82, 2.24) is 19.8 Å². The molecule has 1 N–H and O–H groups in total. The molecular formula is C13H22N4O. The van der Waals surface area contributed by atoms with E-state index in [1.54, 1.807) is 12.5 Å². The minimum atomic E-state index is 0.0531. The molecule has 0 saturated carbocycles. The van der Waals surface area contributed by atoms with E-state index in [4.69, 9.17) is 0 Å². The number of aromatic nitrogens is 2. The predicted molar refractivity (Wildman–Crippen MR) is 70.4 cm³/mol. The Morgan fingerprint density at radius 2 is 2.39 bits per heavy atom. The van der Waals surface area contributed by atoms with Crippen LogP contribution in [0, 0.1) is 5.92 Å². The van der Waals surface area contributed by atoms with Crippen LogP contribution in [0.3, 0.4) is 0 Å². The first-order valence-electron chi connectivity index (χ1n) is 6.62. The number of carbonyl (C=O) groups excluding carboxylic acids is 1. The molecule has 2 heterocycles. The van der Waals surface area contributed by atoms with Gasteiger partial charge in [0, 0.05) is 32.4 Å².